The number of anilines is 2. The number of rotatable bonds is 18. The molecule has 5 N–H and O–H groups in total. The summed E-state index contributed by atoms with van der Waals surface area (Å²) in [6, 6.07) is 17.3. The minimum atomic E-state index is -1.06. The van der Waals surface area contributed by atoms with Crippen LogP contribution in [-0.4, -0.2) is 154 Å². The zero-order valence-corrected chi connectivity index (χ0v) is 45.5. The predicted octanol–water partition coefficient (Wildman–Crippen LogP) is 6.86. The second kappa shape index (κ2) is 24.0. The van der Waals surface area contributed by atoms with E-state index < -0.39 is 59.8 Å². The topological polar surface area (TPSA) is 223 Å². The molecular weight excluding hydrogens is 1030 g/mol. The molecule has 2 aromatic heterocycles. The smallest absolute Gasteiger partial charge is 0.246 e. The lowest BCUT2D eigenvalue weighted by molar-refractivity contribution is -0.144. The lowest BCUT2D eigenvalue weighted by atomic mass is 9.85. The average Bonchev–Trinajstić information content (AvgIpc) is 4.03. The van der Waals surface area contributed by atoms with E-state index in [2.05, 4.69) is 32.5 Å². The molecule has 8 rings (SSSR count). The van der Waals surface area contributed by atoms with Crippen molar-refractivity contribution in [1.82, 2.24) is 40.3 Å². The van der Waals surface area contributed by atoms with Crippen LogP contribution in [0.1, 0.15) is 57.8 Å². The number of phenols is 1. The molecule has 406 valence electrons. The van der Waals surface area contributed by atoms with Crippen LogP contribution in [0.3, 0.4) is 0 Å². The van der Waals surface area contributed by atoms with E-state index in [1.807, 2.05) is 61.2 Å². The van der Waals surface area contributed by atoms with Crippen LogP contribution in [0.25, 0.3) is 43.2 Å². The molecule has 0 radical (unpaired) electrons. The molecule has 0 unspecified atom stereocenters. The molecule has 0 saturated carbocycles. The molecule has 77 heavy (non-hydrogen) atoms. The van der Waals surface area contributed by atoms with Gasteiger partial charge in [-0.2, -0.15) is 4.98 Å². The van der Waals surface area contributed by atoms with Crippen molar-refractivity contribution in [2.24, 2.45) is 5.41 Å². The molecule has 4 aromatic carbocycles. The molecule has 5 amide bonds. The number of carbonyl (C=O) groups is 5. The number of piperazine rings is 1. The minimum Gasteiger partial charge on any atom is -0.508 e. The highest BCUT2D eigenvalue weighted by Crippen LogP contribution is 2.42. The maximum atomic E-state index is 17.1. The summed E-state index contributed by atoms with van der Waals surface area (Å²) in [6.07, 6.45) is 0.350. The Hall–Kier alpha value is -7.26. The molecule has 6 aromatic rings. The first-order valence-corrected chi connectivity index (χ1v) is 26.7. The third kappa shape index (κ3) is 12.8. The van der Waals surface area contributed by atoms with Gasteiger partial charge >= 0.3 is 0 Å². The first-order valence-electron chi connectivity index (χ1n) is 25.4. The van der Waals surface area contributed by atoms with Gasteiger partial charge < -0.3 is 50.5 Å². The van der Waals surface area contributed by atoms with Crippen LogP contribution in [0.5, 0.6) is 5.75 Å². The summed E-state index contributed by atoms with van der Waals surface area (Å²) >= 11 is 8.44. The number of likely N-dealkylation sites (tertiary alicyclic amines) is 1. The quantitative estimate of drug-likeness (QED) is 0.0439. The molecule has 2 aliphatic heterocycles. The number of aliphatic hydroxyl groups excluding tert-OH is 1. The van der Waals surface area contributed by atoms with E-state index in [9.17, 15) is 34.2 Å². The summed E-state index contributed by atoms with van der Waals surface area (Å²) in [4.78, 5) is 88.1. The van der Waals surface area contributed by atoms with E-state index in [0.29, 0.717) is 53.7 Å². The first kappa shape index (κ1) is 56.0. The number of ether oxygens (including phenoxy) is 1. The molecule has 21 heteroatoms. The number of benzene rings is 4. The largest absolute Gasteiger partial charge is 0.508 e. The molecule has 4 heterocycles. The first-order chi connectivity index (χ1) is 36.7. The Morgan fingerprint density at radius 3 is 2.43 bits per heavy atom. The zero-order valence-electron chi connectivity index (χ0n) is 43.9. The van der Waals surface area contributed by atoms with Crippen LogP contribution in [-0.2, 0) is 28.7 Å². The number of aliphatic hydroxyl groups is 1. The fourth-order valence-electron chi connectivity index (χ4n) is 9.70. The Balaban J connectivity index is 0.861. The molecular formula is C56H64ClFN10O8S. The standard InChI is InChI=1S/C56H64ClFN10O8S/c1-8-45(72)66-19-21-67(22-20-66)52-41-28-42(57)47(40-26-37(69)25-36-11-9-10-12-39(36)40)48(58)49(41)63-55(64-52)59-18-17-46(73)65(7)23-24-76-30-44(71)62-51(56(4,5)6)54(75)68-29-38(70)27-43(68)53(74)61-32(2)34-13-15-35(16-14-34)50-33(3)60-31-77-50/h8-16,25-26,28,31-32,38,43,51,69-70H,1,17-24,27,29-30H2,2-7H3,(H,61,74)(H,62,71)(H,59,63,64)/t32-,38+,43-,51+/m0/s1. The van der Waals surface area contributed by atoms with Gasteiger partial charge in [0.15, 0.2) is 5.82 Å². The van der Waals surface area contributed by atoms with Crippen molar-refractivity contribution in [1.29, 1.82) is 0 Å². The highest BCUT2D eigenvalue weighted by Gasteiger charge is 2.45. The van der Waals surface area contributed by atoms with E-state index in [0.717, 1.165) is 21.7 Å². The molecule has 0 spiro atoms. The van der Waals surface area contributed by atoms with Crippen molar-refractivity contribution < 1.29 is 43.3 Å². The monoisotopic (exact) mass is 1090 g/mol. The number of thiazole rings is 1. The highest BCUT2D eigenvalue weighted by atomic mass is 35.5. The van der Waals surface area contributed by atoms with E-state index in [-0.39, 0.29) is 78.7 Å². The third-order valence-electron chi connectivity index (χ3n) is 14.0. The molecule has 18 nitrogen and oxygen atoms in total. The molecule has 2 aliphatic rings. The SMILES string of the molecule is C=CC(=O)N1CCN(c2nc(NCCC(=O)N(C)CCOCC(=O)N[C@H](C(=O)N3C[C@H](O)C[C@H]3C(=O)N[C@@H](C)c3ccc(-c4scnc4C)cc3)C(C)(C)C)nc3c(F)c(-c4cc(O)cc5ccccc45)c(Cl)cc23)CC1. The Labute approximate surface area is 455 Å². The van der Waals surface area contributed by atoms with Gasteiger partial charge in [0.2, 0.25) is 35.5 Å². The van der Waals surface area contributed by atoms with Gasteiger partial charge in [-0.05, 0) is 71.0 Å². The number of carbonyl (C=O) groups excluding carboxylic acids is 5. The number of halogens is 2. The lowest BCUT2D eigenvalue weighted by Gasteiger charge is -2.35. The Morgan fingerprint density at radius 1 is 1.01 bits per heavy atom. The lowest BCUT2D eigenvalue weighted by Crippen LogP contribution is -2.58. The maximum absolute atomic E-state index is 17.1. The van der Waals surface area contributed by atoms with Crippen LogP contribution in [0.15, 0.2) is 84.9 Å². The number of β-amino-alcohol motifs (C(OH)–C–C–N with tert-alkyl or cyclic N) is 1. The van der Waals surface area contributed by atoms with Crippen molar-refractivity contribution in [2.45, 2.75) is 71.7 Å². The van der Waals surface area contributed by atoms with Crippen LogP contribution < -0.4 is 20.9 Å². The second-order valence-electron chi connectivity index (χ2n) is 20.5. The number of fused-ring (bicyclic) bond motifs is 2. The van der Waals surface area contributed by atoms with Gasteiger partial charge in [0, 0.05) is 76.7 Å². The maximum Gasteiger partial charge on any atom is 0.246 e. The Bertz CT molecular complexity index is 3200. The number of aromatic nitrogens is 3. The number of phenolic OH excluding ortho intramolecular Hbond substituents is 1. The molecule has 0 bridgehead atoms. The van der Waals surface area contributed by atoms with E-state index in [4.69, 9.17) is 21.3 Å². The van der Waals surface area contributed by atoms with E-state index in [1.165, 1.54) is 21.9 Å². The number of nitrogens with one attached hydrogen (secondary N) is 3. The summed E-state index contributed by atoms with van der Waals surface area (Å²) in [5.41, 5.74) is 4.22. The summed E-state index contributed by atoms with van der Waals surface area (Å²) in [7, 11) is 1.59. The number of aryl methyl sites for hydroxylation is 1. The van der Waals surface area contributed by atoms with Crippen molar-refractivity contribution in [3.05, 3.63) is 107 Å². The average molecular weight is 1090 g/mol. The second-order valence-corrected chi connectivity index (χ2v) is 21.7. The van der Waals surface area contributed by atoms with Crippen molar-refractivity contribution in [3.8, 4) is 27.3 Å². The van der Waals surface area contributed by atoms with E-state index in [1.54, 1.807) is 67.8 Å². The van der Waals surface area contributed by atoms with Gasteiger partial charge in [-0.15, -0.1) is 11.3 Å². The van der Waals surface area contributed by atoms with Gasteiger partial charge in [0.25, 0.3) is 0 Å². The number of aromatic hydroxyl groups is 1. The fourth-order valence-corrected chi connectivity index (χ4v) is 10.8. The third-order valence-corrected chi connectivity index (χ3v) is 15.2. The molecule has 4 atom stereocenters. The number of hydrogen-bond donors (Lipinski definition) is 5. The van der Waals surface area contributed by atoms with E-state index >= 15 is 4.39 Å². The van der Waals surface area contributed by atoms with Gasteiger partial charge in [0.05, 0.1) is 39.9 Å². The summed E-state index contributed by atoms with van der Waals surface area (Å²) in [5, 5.41) is 32.0. The number of hydrogen-bond acceptors (Lipinski definition) is 14. The number of likely N-dealkylation sites (N-methyl/N-ethyl adjacent to an activating group) is 1. The number of amides is 5. The Morgan fingerprint density at radius 2 is 1.74 bits per heavy atom. The summed E-state index contributed by atoms with van der Waals surface area (Å²) < 4.78 is 22.7. The van der Waals surface area contributed by atoms with Crippen LogP contribution in [0.2, 0.25) is 5.02 Å². The van der Waals surface area contributed by atoms with Gasteiger partial charge in [-0.1, -0.05) is 87.5 Å². The molecule has 0 aliphatic carbocycles. The molecule has 2 saturated heterocycles. The highest BCUT2D eigenvalue weighted by molar-refractivity contribution is 7.13. The van der Waals surface area contributed by atoms with Gasteiger partial charge in [0.1, 0.15) is 35.8 Å². The van der Waals surface area contributed by atoms with Gasteiger partial charge in [-0.25, -0.2) is 14.4 Å². The van der Waals surface area contributed by atoms with Crippen LogP contribution in [0, 0.1) is 18.2 Å². The number of nitrogens with zero attached hydrogens (tertiary/aromatic N) is 7. The minimum absolute atomic E-state index is 0.00890. The van der Waals surface area contributed by atoms with Gasteiger partial charge in [-0.3, -0.25) is 24.0 Å². The zero-order chi connectivity index (χ0) is 55.3. The summed E-state index contributed by atoms with van der Waals surface area (Å²) in [6.45, 7) is 14.0. The fraction of sp³-hybridized carbons (Fsp3) is 0.393. The van der Waals surface area contributed by atoms with Crippen molar-refractivity contribution in [2.75, 3.05) is 76.3 Å². The van der Waals surface area contributed by atoms with Crippen molar-refractivity contribution in [3.63, 3.8) is 0 Å². The Kier molecular flexibility index (Phi) is 17.4. The normalized spacial score (nSPS) is 16.6. The van der Waals surface area contributed by atoms with Crippen LogP contribution >= 0.6 is 22.9 Å². The van der Waals surface area contributed by atoms with Crippen molar-refractivity contribution >= 4 is 85.9 Å². The van der Waals surface area contributed by atoms with Crippen LogP contribution in [0.4, 0.5) is 16.2 Å². The molecule has 2 fully saturated rings. The summed E-state index contributed by atoms with van der Waals surface area (Å²) in [5.74, 6) is -2.34. The predicted molar refractivity (Wildman–Crippen MR) is 296 cm³/mol.